The second-order valence-corrected chi connectivity index (χ2v) is 8.29. The van der Waals surface area contributed by atoms with E-state index in [0.717, 1.165) is 4.31 Å². The number of benzene rings is 1. The highest BCUT2D eigenvalue weighted by Gasteiger charge is 2.29. The maximum absolute atomic E-state index is 12.7. The first-order valence-electron chi connectivity index (χ1n) is 8.50. The second kappa shape index (κ2) is 7.89. The van der Waals surface area contributed by atoms with Crippen LogP contribution in [0, 0.1) is 0 Å². The van der Waals surface area contributed by atoms with Crippen LogP contribution in [0.25, 0.3) is 0 Å². The van der Waals surface area contributed by atoms with Gasteiger partial charge in [-0.15, -0.1) is 0 Å². The number of aromatic nitrogens is 2. The molecule has 0 radical (unpaired) electrons. The lowest BCUT2D eigenvalue weighted by Gasteiger charge is -2.26. The van der Waals surface area contributed by atoms with Crippen LogP contribution in [0.15, 0.2) is 47.9 Å². The molecule has 1 unspecified atom stereocenters. The monoisotopic (exact) mass is 391 g/mol. The van der Waals surface area contributed by atoms with Crippen LogP contribution in [0.1, 0.15) is 17.3 Å². The molecular formula is C17H21N5O4S. The van der Waals surface area contributed by atoms with Gasteiger partial charge >= 0.3 is 0 Å². The van der Waals surface area contributed by atoms with E-state index in [4.69, 9.17) is 0 Å². The Balaban J connectivity index is 1.72. The summed E-state index contributed by atoms with van der Waals surface area (Å²) >= 11 is 0. The molecule has 10 heteroatoms. The first kappa shape index (κ1) is 19.1. The molecule has 1 aliphatic heterocycles. The molecule has 1 fully saturated rings. The number of nitrogens with one attached hydrogen (secondary N) is 2. The number of carbonyl (C=O) groups is 2. The molecule has 9 nitrogen and oxygen atoms in total. The Labute approximate surface area is 157 Å². The number of amides is 2. The van der Waals surface area contributed by atoms with Crippen molar-refractivity contribution in [3.63, 3.8) is 0 Å². The Morgan fingerprint density at radius 2 is 2.22 bits per heavy atom. The highest BCUT2D eigenvalue weighted by molar-refractivity contribution is 7.89. The molecule has 1 aromatic carbocycles. The van der Waals surface area contributed by atoms with Gasteiger partial charge in [-0.3, -0.25) is 9.59 Å². The minimum atomic E-state index is -3.84. The highest BCUT2D eigenvalue weighted by Crippen LogP contribution is 2.18. The summed E-state index contributed by atoms with van der Waals surface area (Å²) in [7, 11) is -3.84. The van der Waals surface area contributed by atoms with Crippen LogP contribution in [0.4, 0.5) is 0 Å². The molecular weight excluding hydrogens is 370 g/mol. The first-order valence-corrected chi connectivity index (χ1v) is 9.94. The molecule has 2 N–H and O–H groups in total. The van der Waals surface area contributed by atoms with E-state index in [0.29, 0.717) is 6.54 Å². The lowest BCUT2D eigenvalue weighted by atomic mass is 10.2. The van der Waals surface area contributed by atoms with Gasteiger partial charge in [0.1, 0.15) is 0 Å². The molecule has 144 valence electrons. The Morgan fingerprint density at radius 1 is 1.41 bits per heavy atom. The lowest BCUT2D eigenvalue weighted by molar-refractivity contribution is -0.122. The summed E-state index contributed by atoms with van der Waals surface area (Å²) in [4.78, 5) is 27.9. The number of imidazole rings is 1. The summed E-state index contributed by atoms with van der Waals surface area (Å²) in [6, 6.07) is 5.67. The fourth-order valence-corrected chi connectivity index (χ4v) is 4.27. The molecule has 2 amide bonds. The van der Waals surface area contributed by atoms with Crippen molar-refractivity contribution in [2.75, 3.05) is 19.6 Å². The summed E-state index contributed by atoms with van der Waals surface area (Å²) in [6.07, 6.45) is 5.11. The van der Waals surface area contributed by atoms with Gasteiger partial charge in [0, 0.05) is 43.6 Å². The van der Waals surface area contributed by atoms with Gasteiger partial charge in [0.15, 0.2) is 0 Å². The molecule has 1 saturated heterocycles. The second-order valence-electron chi connectivity index (χ2n) is 6.35. The third-order valence-corrected chi connectivity index (χ3v) is 6.00. The predicted molar refractivity (Wildman–Crippen MR) is 97.4 cm³/mol. The number of hydrogen-bond acceptors (Lipinski definition) is 5. The smallest absolute Gasteiger partial charge is 0.251 e. The summed E-state index contributed by atoms with van der Waals surface area (Å²) in [5.41, 5.74) is 0.245. The molecule has 3 rings (SSSR count). The van der Waals surface area contributed by atoms with Gasteiger partial charge in [-0.25, -0.2) is 13.4 Å². The standard InChI is InChI=1S/C17H21N5O4S/c1-13(10-21-7-5-18-12-21)20-17(24)14-3-2-4-15(9-14)27(25,26)22-8-6-19-16(23)11-22/h2-5,7,9,12-13H,6,8,10-11H2,1H3,(H,19,23)(H,20,24). The van der Waals surface area contributed by atoms with Crippen molar-refractivity contribution in [3.8, 4) is 0 Å². The third-order valence-electron chi connectivity index (χ3n) is 4.16. The maximum atomic E-state index is 12.7. The molecule has 27 heavy (non-hydrogen) atoms. The number of carbonyl (C=O) groups excluding carboxylic acids is 2. The largest absolute Gasteiger partial charge is 0.354 e. The van der Waals surface area contributed by atoms with Crippen LogP contribution in [-0.2, 0) is 21.4 Å². The van der Waals surface area contributed by atoms with Crippen molar-refractivity contribution in [2.45, 2.75) is 24.4 Å². The summed E-state index contributed by atoms with van der Waals surface area (Å²) in [6.45, 7) is 2.65. The van der Waals surface area contributed by atoms with Crippen LogP contribution < -0.4 is 10.6 Å². The fraction of sp³-hybridized carbons (Fsp3) is 0.353. The minimum Gasteiger partial charge on any atom is -0.354 e. The van der Waals surface area contributed by atoms with Gasteiger partial charge in [0.2, 0.25) is 15.9 Å². The van der Waals surface area contributed by atoms with Crippen LogP contribution >= 0.6 is 0 Å². The Kier molecular flexibility index (Phi) is 5.57. The zero-order chi connectivity index (χ0) is 19.4. The fourth-order valence-electron chi connectivity index (χ4n) is 2.83. The first-order chi connectivity index (χ1) is 12.9. The number of rotatable bonds is 6. The maximum Gasteiger partial charge on any atom is 0.251 e. The summed E-state index contributed by atoms with van der Waals surface area (Å²) in [5.74, 6) is -0.705. The van der Waals surface area contributed by atoms with E-state index in [1.165, 1.54) is 18.2 Å². The molecule has 0 saturated carbocycles. The zero-order valence-electron chi connectivity index (χ0n) is 14.8. The average Bonchev–Trinajstić information content (AvgIpc) is 3.14. The highest BCUT2D eigenvalue weighted by atomic mass is 32.2. The van der Waals surface area contributed by atoms with Gasteiger partial charge in [-0.05, 0) is 25.1 Å². The van der Waals surface area contributed by atoms with Crippen molar-refractivity contribution in [1.29, 1.82) is 0 Å². The van der Waals surface area contributed by atoms with E-state index in [9.17, 15) is 18.0 Å². The van der Waals surface area contributed by atoms with Crippen LogP contribution in [-0.4, -0.2) is 59.8 Å². The van der Waals surface area contributed by atoms with E-state index in [1.807, 2.05) is 11.5 Å². The van der Waals surface area contributed by atoms with E-state index in [1.54, 1.807) is 24.8 Å². The molecule has 1 aromatic heterocycles. The molecule has 0 bridgehead atoms. The predicted octanol–water partition coefficient (Wildman–Crippen LogP) is -0.178. The van der Waals surface area contributed by atoms with Gasteiger partial charge in [-0.2, -0.15) is 4.31 Å². The third kappa shape index (κ3) is 4.52. The SMILES string of the molecule is CC(Cn1ccnc1)NC(=O)c1cccc(S(=O)(=O)N2CCNC(=O)C2)c1. The van der Waals surface area contributed by atoms with Gasteiger partial charge < -0.3 is 15.2 Å². The van der Waals surface area contributed by atoms with E-state index in [-0.39, 0.29) is 47.9 Å². The Bertz CT molecular complexity index is 927. The van der Waals surface area contributed by atoms with Crippen molar-refractivity contribution in [2.24, 2.45) is 0 Å². The summed E-state index contributed by atoms with van der Waals surface area (Å²) < 4.78 is 28.4. The van der Waals surface area contributed by atoms with Gasteiger partial charge in [-0.1, -0.05) is 6.07 Å². The van der Waals surface area contributed by atoms with Crippen LogP contribution in [0.2, 0.25) is 0 Å². The zero-order valence-corrected chi connectivity index (χ0v) is 15.6. The molecule has 2 aromatic rings. The van der Waals surface area contributed by atoms with Crippen molar-refractivity contribution in [3.05, 3.63) is 48.5 Å². The van der Waals surface area contributed by atoms with Crippen LogP contribution in [0.5, 0.6) is 0 Å². The molecule has 2 heterocycles. The van der Waals surface area contributed by atoms with Crippen molar-refractivity contribution >= 4 is 21.8 Å². The lowest BCUT2D eigenvalue weighted by Crippen LogP contribution is -2.49. The van der Waals surface area contributed by atoms with Crippen molar-refractivity contribution < 1.29 is 18.0 Å². The number of piperazine rings is 1. The molecule has 0 aliphatic carbocycles. The number of sulfonamides is 1. The summed E-state index contributed by atoms with van der Waals surface area (Å²) in [5, 5.41) is 5.43. The quantitative estimate of drug-likeness (QED) is 0.709. The molecule has 1 aliphatic rings. The van der Waals surface area contributed by atoms with Gasteiger partial charge in [0.05, 0.1) is 17.8 Å². The Hall–Kier alpha value is -2.72. The van der Waals surface area contributed by atoms with Crippen molar-refractivity contribution in [1.82, 2.24) is 24.5 Å². The minimum absolute atomic E-state index is 0.00730. The average molecular weight is 391 g/mol. The van der Waals surface area contributed by atoms with Gasteiger partial charge in [0.25, 0.3) is 5.91 Å². The number of hydrogen-bond donors (Lipinski definition) is 2. The van der Waals surface area contributed by atoms with E-state index in [2.05, 4.69) is 15.6 Å². The normalized spacial score (nSPS) is 16.6. The van der Waals surface area contributed by atoms with Crippen LogP contribution in [0.3, 0.4) is 0 Å². The molecule has 0 spiro atoms. The molecule has 1 atom stereocenters. The Morgan fingerprint density at radius 3 is 2.93 bits per heavy atom. The topological polar surface area (TPSA) is 113 Å². The van der Waals surface area contributed by atoms with E-state index < -0.39 is 10.0 Å². The van der Waals surface area contributed by atoms with E-state index >= 15 is 0 Å². The number of nitrogens with zero attached hydrogens (tertiary/aromatic N) is 3.